The third kappa shape index (κ3) is 7.10. The Balaban J connectivity index is 2.05. The summed E-state index contributed by atoms with van der Waals surface area (Å²) in [5, 5.41) is 4.80. The van der Waals surface area contributed by atoms with Gasteiger partial charge in [-0.05, 0) is 41.8 Å². The Labute approximate surface area is 180 Å². The first-order valence-corrected chi connectivity index (χ1v) is 9.36. The number of nitrogens with one attached hydrogen (secondary N) is 2. The number of hydrogen-bond donors (Lipinski definition) is 2. The van der Waals surface area contributed by atoms with Crippen molar-refractivity contribution in [2.45, 2.75) is 25.1 Å². The molecule has 2 N–H and O–H groups in total. The van der Waals surface area contributed by atoms with E-state index in [-0.39, 0.29) is 29.9 Å². The molecule has 0 spiro atoms. The van der Waals surface area contributed by atoms with Gasteiger partial charge in [-0.1, -0.05) is 12.1 Å². The minimum absolute atomic E-state index is 0.0597. The molecule has 0 saturated heterocycles. The predicted octanol–water partition coefficient (Wildman–Crippen LogP) is 3.45. The van der Waals surface area contributed by atoms with Crippen molar-refractivity contribution >= 4 is 11.8 Å². The number of carbonyl (C=O) groups excluding carboxylic acids is 2. The van der Waals surface area contributed by atoms with Crippen molar-refractivity contribution < 1.29 is 41.0 Å². The van der Waals surface area contributed by atoms with Gasteiger partial charge in [-0.25, -0.2) is 8.78 Å². The smallest absolute Gasteiger partial charge is 0.422 e. The largest absolute Gasteiger partial charge is 0.493 e. The molecule has 0 heterocycles. The van der Waals surface area contributed by atoms with Gasteiger partial charge in [0.05, 0.1) is 7.11 Å². The number of methoxy groups -OCH3 is 1. The molecule has 2 rings (SSSR count). The monoisotopic (exact) mass is 460 g/mol. The zero-order chi connectivity index (χ0) is 23.9. The molecule has 174 valence electrons. The second-order valence-corrected chi connectivity index (χ2v) is 6.68. The maximum absolute atomic E-state index is 13.5. The highest BCUT2D eigenvalue weighted by Gasteiger charge is 2.29. The molecule has 0 aromatic heterocycles. The number of amides is 2. The molecule has 0 saturated carbocycles. The summed E-state index contributed by atoms with van der Waals surface area (Å²) in [4.78, 5) is 24.5. The van der Waals surface area contributed by atoms with Gasteiger partial charge < -0.3 is 20.1 Å². The van der Waals surface area contributed by atoms with Crippen LogP contribution < -0.4 is 20.1 Å². The summed E-state index contributed by atoms with van der Waals surface area (Å²) in [6, 6.07) is 5.82. The molecule has 0 aliphatic carbocycles. The highest BCUT2D eigenvalue weighted by atomic mass is 19.4. The van der Waals surface area contributed by atoms with Crippen molar-refractivity contribution in [1.29, 1.82) is 0 Å². The Morgan fingerprint density at radius 1 is 1.03 bits per heavy atom. The van der Waals surface area contributed by atoms with Crippen molar-refractivity contribution in [2.24, 2.45) is 0 Å². The Morgan fingerprint density at radius 2 is 1.75 bits per heavy atom. The lowest BCUT2D eigenvalue weighted by Gasteiger charge is -2.18. The number of likely N-dealkylation sites (N-methyl/N-ethyl adjacent to an activating group) is 1. The molecule has 0 aliphatic rings. The van der Waals surface area contributed by atoms with Crippen molar-refractivity contribution in [3.63, 3.8) is 0 Å². The van der Waals surface area contributed by atoms with E-state index in [9.17, 15) is 31.5 Å². The van der Waals surface area contributed by atoms with E-state index in [0.717, 1.165) is 12.1 Å². The molecule has 1 unspecified atom stereocenters. The summed E-state index contributed by atoms with van der Waals surface area (Å²) in [6.45, 7) is -1.48. The van der Waals surface area contributed by atoms with Crippen LogP contribution in [-0.4, -0.2) is 38.8 Å². The zero-order valence-electron chi connectivity index (χ0n) is 17.2. The topological polar surface area (TPSA) is 76.7 Å². The summed E-state index contributed by atoms with van der Waals surface area (Å²) in [6.07, 6.45) is -4.43. The molecule has 0 bridgehead atoms. The van der Waals surface area contributed by atoms with Crippen LogP contribution in [0.5, 0.6) is 11.5 Å². The Kier molecular flexibility index (Phi) is 8.39. The lowest BCUT2D eigenvalue weighted by atomic mass is 10.0. The van der Waals surface area contributed by atoms with Crippen molar-refractivity contribution in [3.05, 3.63) is 59.2 Å². The number of benzene rings is 2. The van der Waals surface area contributed by atoms with Gasteiger partial charge in [0.25, 0.3) is 0 Å². The van der Waals surface area contributed by atoms with Crippen LogP contribution in [0.25, 0.3) is 0 Å². The average Bonchev–Trinajstić information content (AvgIpc) is 2.75. The van der Waals surface area contributed by atoms with E-state index < -0.39 is 42.3 Å². The second kappa shape index (κ2) is 10.8. The molecule has 0 radical (unpaired) electrons. The fourth-order valence-corrected chi connectivity index (χ4v) is 2.77. The number of hydrogen-bond acceptors (Lipinski definition) is 4. The molecule has 2 amide bonds. The normalized spacial score (nSPS) is 12.1. The first kappa shape index (κ1) is 24.9. The lowest BCUT2D eigenvalue weighted by Crippen LogP contribution is -2.39. The number of alkyl halides is 3. The van der Waals surface area contributed by atoms with E-state index in [1.165, 1.54) is 38.4 Å². The summed E-state index contributed by atoms with van der Waals surface area (Å²) in [5.74, 6) is -3.47. The Hall–Kier alpha value is -3.37. The summed E-state index contributed by atoms with van der Waals surface area (Å²) < 4.78 is 73.5. The molecular weight excluding hydrogens is 439 g/mol. The van der Waals surface area contributed by atoms with Crippen LogP contribution in [0.1, 0.15) is 23.6 Å². The van der Waals surface area contributed by atoms with Gasteiger partial charge >= 0.3 is 6.18 Å². The number of rotatable bonds is 9. The third-order valence-electron chi connectivity index (χ3n) is 4.35. The van der Waals surface area contributed by atoms with Gasteiger partial charge in [0, 0.05) is 13.5 Å². The zero-order valence-corrected chi connectivity index (χ0v) is 17.2. The van der Waals surface area contributed by atoms with E-state index in [4.69, 9.17) is 9.47 Å². The second-order valence-electron chi connectivity index (χ2n) is 6.68. The van der Waals surface area contributed by atoms with Crippen molar-refractivity contribution in [3.8, 4) is 11.5 Å². The maximum Gasteiger partial charge on any atom is 0.422 e. The van der Waals surface area contributed by atoms with Crippen LogP contribution in [-0.2, 0) is 16.0 Å². The molecule has 2 aromatic rings. The first-order valence-electron chi connectivity index (χ1n) is 9.36. The van der Waals surface area contributed by atoms with E-state index in [0.29, 0.717) is 5.56 Å². The van der Waals surface area contributed by atoms with Crippen LogP contribution in [0.2, 0.25) is 0 Å². The number of aryl methyl sites for hydroxylation is 1. The highest BCUT2D eigenvalue weighted by molar-refractivity contribution is 5.88. The summed E-state index contributed by atoms with van der Waals surface area (Å²) in [5.41, 5.74) is 0.630. The van der Waals surface area contributed by atoms with Gasteiger partial charge in [-0.15, -0.1) is 0 Å². The molecule has 1 atom stereocenters. The average molecular weight is 460 g/mol. The van der Waals surface area contributed by atoms with Gasteiger partial charge in [-0.3, -0.25) is 9.59 Å². The minimum atomic E-state index is -4.50. The van der Waals surface area contributed by atoms with Gasteiger partial charge in [0.2, 0.25) is 11.8 Å². The van der Waals surface area contributed by atoms with Crippen LogP contribution >= 0.6 is 0 Å². The van der Waals surface area contributed by atoms with Crippen LogP contribution in [0, 0.1) is 11.6 Å². The molecule has 11 heteroatoms. The molecule has 32 heavy (non-hydrogen) atoms. The van der Waals surface area contributed by atoms with E-state index >= 15 is 0 Å². The van der Waals surface area contributed by atoms with Crippen LogP contribution in [0.3, 0.4) is 0 Å². The van der Waals surface area contributed by atoms with E-state index in [1.54, 1.807) is 0 Å². The van der Waals surface area contributed by atoms with E-state index in [2.05, 4.69) is 10.6 Å². The maximum atomic E-state index is 13.5. The van der Waals surface area contributed by atoms with Gasteiger partial charge in [0.15, 0.2) is 29.7 Å². The molecular formula is C21H21F5N2O4. The summed E-state index contributed by atoms with van der Waals surface area (Å²) >= 11 is 0. The number of ether oxygens (including phenoxy) is 2. The third-order valence-corrected chi connectivity index (χ3v) is 4.35. The molecule has 0 fully saturated rings. The Morgan fingerprint density at radius 3 is 2.34 bits per heavy atom. The molecule has 0 aliphatic heterocycles. The number of halogens is 5. The molecule has 6 nitrogen and oxygen atoms in total. The fourth-order valence-electron chi connectivity index (χ4n) is 2.77. The minimum Gasteiger partial charge on any atom is -0.493 e. The van der Waals surface area contributed by atoms with Gasteiger partial charge in [0.1, 0.15) is 6.04 Å². The van der Waals surface area contributed by atoms with E-state index in [1.807, 2.05) is 0 Å². The van der Waals surface area contributed by atoms with Crippen LogP contribution in [0.15, 0.2) is 36.4 Å². The highest BCUT2D eigenvalue weighted by Crippen LogP contribution is 2.30. The van der Waals surface area contributed by atoms with Crippen molar-refractivity contribution in [1.82, 2.24) is 10.6 Å². The molecule has 2 aromatic carbocycles. The number of carbonyl (C=O) groups is 2. The fraction of sp³-hybridized carbons (Fsp3) is 0.333. The first-order chi connectivity index (χ1) is 15.0. The predicted molar refractivity (Wildman–Crippen MR) is 104 cm³/mol. The van der Waals surface area contributed by atoms with Crippen LogP contribution in [0.4, 0.5) is 22.0 Å². The summed E-state index contributed by atoms with van der Waals surface area (Å²) in [7, 11) is 2.60. The quantitative estimate of drug-likeness (QED) is 0.562. The van der Waals surface area contributed by atoms with Crippen molar-refractivity contribution in [2.75, 3.05) is 20.8 Å². The van der Waals surface area contributed by atoms with Gasteiger partial charge in [-0.2, -0.15) is 13.2 Å². The Bertz CT molecular complexity index is 966. The SMILES string of the molecule is CNC(=O)C(NC(=O)CCc1ccc(OCC(F)(F)F)c(OC)c1)c1ccc(F)c(F)c1. The lowest BCUT2D eigenvalue weighted by molar-refractivity contribution is -0.153. The standard InChI is InChI=1S/C21H21F5N2O4/c1-27-20(30)19(13-5-6-14(22)15(23)10-13)28-18(29)8-4-12-3-7-16(17(9-12)31-2)32-11-21(24,25)26/h3,5-7,9-10,19H,4,8,11H2,1-2H3,(H,27,30)(H,28,29).